The van der Waals surface area contributed by atoms with Gasteiger partial charge in [-0.05, 0) is 42.8 Å². The van der Waals surface area contributed by atoms with E-state index in [4.69, 9.17) is 16.0 Å². The van der Waals surface area contributed by atoms with Gasteiger partial charge >= 0.3 is 5.63 Å². The predicted molar refractivity (Wildman–Crippen MR) is 93.8 cm³/mol. The molecule has 4 heteroatoms. The van der Waals surface area contributed by atoms with Crippen molar-refractivity contribution in [1.82, 2.24) is 4.90 Å². The van der Waals surface area contributed by atoms with Crippen molar-refractivity contribution in [2.24, 2.45) is 0 Å². The average molecular weight is 328 g/mol. The quantitative estimate of drug-likeness (QED) is 0.666. The van der Waals surface area contributed by atoms with Crippen molar-refractivity contribution in [2.45, 2.75) is 20.0 Å². The van der Waals surface area contributed by atoms with Crippen LogP contribution in [0, 0.1) is 6.92 Å². The van der Waals surface area contributed by atoms with Gasteiger partial charge in [0, 0.05) is 29.6 Å². The van der Waals surface area contributed by atoms with Crippen molar-refractivity contribution in [3.63, 3.8) is 0 Å². The van der Waals surface area contributed by atoms with E-state index in [1.165, 1.54) is 5.56 Å². The van der Waals surface area contributed by atoms with Gasteiger partial charge in [0.05, 0.1) is 0 Å². The van der Waals surface area contributed by atoms with Crippen molar-refractivity contribution in [2.75, 3.05) is 7.05 Å². The van der Waals surface area contributed by atoms with Gasteiger partial charge in [-0.1, -0.05) is 41.9 Å². The minimum atomic E-state index is -0.331. The van der Waals surface area contributed by atoms with Crippen molar-refractivity contribution in [3.8, 4) is 0 Å². The van der Waals surface area contributed by atoms with Gasteiger partial charge in [0.15, 0.2) is 0 Å². The second kappa shape index (κ2) is 6.57. The summed E-state index contributed by atoms with van der Waals surface area (Å²) >= 11 is 6.23. The Morgan fingerprint density at radius 2 is 1.83 bits per heavy atom. The topological polar surface area (TPSA) is 33.5 Å². The molecule has 118 valence electrons. The Labute approximate surface area is 140 Å². The lowest BCUT2D eigenvalue weighted by Gasteiger charge is -2.18. The predicted octanol–water partition coefficient (Wildman–Crippen LogP) is 4.39. The molecule has 0 N–H and O–H groups in total. The van der Waals surface area contributed by atoms with Crippen LogP contribution in [0.5, 0.6) is 0 Å². The number of hydrogen-bond acceptors (Lipinski definition) is 3. The zero-order valence-electron chi connectivity index (χ0n) is 13.2. The van der Waals surface area contributed by atoms with Gasteiger partial charge < -0.3 is 4.42 Å². The first-order valence-electron chi connectivity index (χ1n) is 7.48. The molecule has 2 aromatic carbocycles. The lowest BCUT2D eigenvalue weighted by Crippen LogP contribution is -2.18. The van der Waals surface area contributed by atoms with Crippen molar-refractivity contribution in [3.05, 3.63) is 80.7 Å². The van der Waals surface area contributed by atoms with E-state index in [9.17, 15) is 4.79 Å². The van der Waals surface area contributed by atoms with Gasteiger partial charge in [0.25, 0.3) is 0 Å². The number of hydrogen-bond donors (Lipinski definition) is 0. The van der Waals surface area contributed by atoms with Crippen molar-refractivity contribution >= 4 is 22.6 Å². The van der Waals surface area contributed by atoms with Crippen LogP contribution in [-0.4, -0.2) is 11.9 Å². The molecule has 0 unspecified atom stereocenters. The Kier molecular flexibility index (Phi) is 4.51. The summed E-state index contributed by atoms with van der Waals surface area (Å²) in [5, 5.41) is 1.57. The first-order chi connectivity index (χ1) is 11.0. The van der Waals surface area contributed by atoms with Crippen LogP contribution < -0.4 is 5.63 Å². The van der Waals surface area contributed by atoms with E-state index in [1.54, 1.807) is 6.07 Å². The maximum Gasteiger partial charge on any atom is 0.336 e. The van der Waals surface area contributed by atoms with Crippen LogP contribution in [0.2, 0.25) is 5.02 Å². The maximum atomic E-state index is 11.8. The molecule has 0 aliphatic heterocycles. The van der Waals surface area contributed by atoms with Crippen LogP contribution >= 0.6 is 11.6 Å². The van der Waals surface area contributed by atoms with Crippen molar-refractivity contribution < 1.29 is 4.42 Å². The molecule has 3 nitrogen and oxygen atoms in total. The molecule has 0 aliphatic rings. The summed E-state index contributed by atoms with van der Waals surface area (Å²) in [5.74, 6) is 0. The number of halogens is 1. The summed E-state index contributed by atoms with van der Waals surface area (Å²) in [5.41, 5.74) is 3.31. The summed E-state index contributed by atoms with van der Waals surface area (Å²) in [6.07, 6.45) is 0. The number of rotatable bonds is 4. The molecular formula is C19H18ClNO2. The van der Waals surface area contributed by atoms with Gasteiger partial charge in [0.1, 0.15) is 5.58 Å². The molecule has 0 bridgehead atoms. The number of nitrogens with zero attached hydrogens (tertiary/aromatic N) is 1. The molecule has 3 aromatic rings. The lowest BCUT2D eigenvalue weighted by atomic mass is 10.1. The highest BCUT2D eigenvalue weighted by molar-refractivity contribution is 6.32. The Bertz CT molecular complexity index is 887. The maximum absolute atomic E-state index is 11.8. The lowest BCUT2D eigenvalue weighted by molar-refractivity contribution is 0.319. The summed E-state index contributed by atoms with van der Waals surface area (Å²) in [7, 11) is 2.03. The van der Waals surface area contributed by atoms with Gasteiger partial charge in [-0.3, -0.25) is 4.90 Å². The molecule has 0 fully saturated rings. The fourth-order valence-electron chi connectivity index (χ4n) is 2.72. The highest BCUT2D eigenvalue weighted by Crippen LogP contribution is 2.26. The van der Waals surface area contributed by atoms with Crippen LogP contribution in [-0.2, 0) is 13.1 Å². The third-order valence-corrected chi connectivity index (χ3v) is 4.25. The Hall–Kier alpha value is -2.10. The molecule has 23 heavy (non-hydrogen) atoms. The summed E-state index contributed by atoms with van der Waals surface area (Å²) in [6.45, 7) is 3.36. The minimum Gasteiger partial charge on any atom is -0.423 e. The van der Waals surface area contributed by atoms with E-state index in [0.717, 1.165) is 23.1 Å². The SMILES string of the molecule is Cc1cc2oc(=O)cc(CN(C)Cc3ccccc3)c2cc1Cl. The van der Waals surface area contributed by atoms with Gasteiger partial charge in [-0.2, -0.15) is 0 Å². The first-order valence-corrected chi connectivity index (χ1v) is 7.86. The first kappa shape index (κ1) is 15.8. The van der Waals surface area contributed by atoms with Crippen LogP contribution in [0.15, 0.2) is 57.7 Å². The number of benzene rings is 2. The molecule has 0 saturated carbocycles. The third-order valence-electron chi connectivity index (χ3n) is 3.84. The Morgan fingerprint density at radius 3 is 2.57 bits per heavy atom. The molecule has 0 spiro atoms. The number of fused-ring (bicyclic) bond motifs is 1. The molecule has 0 saturated heterocycles. The molecular weight excluding hydrogens is 310 g/mol. The van der Waals surface area contributed by atoms with E-state index >= 15 is 0 Å². The van der Waals surface area contributed by atoms with E-state index in [-0.39, 0.29) is 5.63 Å². The average Bonchev–Trinajstić information content (AvgIpc) is 2.50. The van der Waals surface area contributed by atoms with E-state index in [0.29, 0.717) is 17.2 Å². The van der Waals surface area contributed by atoms with Gasteiger partial charge in [-0.25, -0.2) is 4.79 Å². The zero-order chi connectivity index (χ0) is 16.4. The molecule has 1 aromatic heterocycles. The standard InChI is InChI=1S/C19H18ClNO2/c1-13-8-18-16(10-17(13)20)15(9-19(22)23-18)12-21(2)11-14-6-4-3-5-7-14/h3-10H,11-12H2,1-2H3. The molecule has 0 aliphatic carbocycles. The van der Waals surface area contributed by atoms with Gasteiger partial charge in [-0.15, -0.1) is 0 Å². The van der Waals surface area contributed by atoms with E-state index < -0.39 is 0 Å². The molecule has 0 amide bonds. The molecule has 1 heterocycles. The molecule has 0 atom stereocenters. The summed E-state index contributed by atoms with van der Waals surface area (Å²) < 4.78 is 5.31. The fraction of sp³-hybridized carbons (Fsp3) is 0.211. The second-order valence-corrected chi connectivity index (χ2v) is 6.25. The summed E-state index contributed by atoms with van der Waals surface area (Å²) in [6, 6.07) is 15.5. The van der Waals surface area contributed by atoms with Crippen molar-refractivity contribution in [1.29, 1.82) is 0 Å². The summed E-state index contributed by atoms with van der Waals surface area (Å²) in [4.78, 5) is 14.0. The Balaban J connectivity index is 1.93. The minimum absolute atomic E-state index is 0.331. The molecule has 0 radical (unpaired) electrons. The smallest absolute Gasteiger partial charge is 0.336 e. The largest absolute Gasteiger partial charge is 0.423 e. The zero-order valence-corrected chi connectivity index (χ0v) is 13.9. The highest BCUT2D eigenvalue weighted by atomic mass is 35.5. The van der Waals surface area contributed by atoms with Crippen LogP contribution in [0.1, 0.15) is 16.7 Å². The van der Waals surface area contributed by atoms with Crippen LogP contribution in [0.4, 0.5) is 0 Å². The highest BCUT2D eigenvalue weighted by Gasteiger charge is 2.10. The monoisotopic (exact) mass is 327 g/mol. The Morgan fingerprint density at radius 1 is 1.09 bits per heavy atom. The molecule has 3 rings (SSSR count). The van der Waals surface area contributed by atoms with E-state index in [2.05, 4.69) is 17.0 Å². The fourth-order valence-corrected chi connectivity index (χ4v) is 2.88. The second-order valence-electron chi connectivity index (χ2n) is 5.85. The van der Waals surface area contributed by atoms with E-state index in [1.807, 2.05) is 44.3 Å². The third kappa shape index (κ3) is 3.63. The van der Waals surface area contributed by atoms with Gasteiger partial charge in [0.2, 0.25) is 0 Å². The van der Waals surface area contributed by atoms with Crippen LogP contribution in [0.25, 0.3) is 11.0 Å². The van der Waals surface area contributed by atoms with Crippen LogP contribution in [0.3, 0.4) is 0 Å². The normalized spacial score (nSPS) is 11.3. The number of aryl methyl sites for hydroxylation is 1.